The summed E-state index contributed by atoms with van der Waals surface area (Å²) in [7, 11) is 0. The van der Waals surface area contributed by atoms with Crippen molar-refractivity contribution >= 4 is 57.6 Å². The number of halogens is 4. The summed E-state index contributed by atoms with van der Waals surface area (Å²) in [6.07, 6.45) is -2.88. The lowest BCUT2D eigenvalue weighted by atomic mass is 10.1. The first kappa shape index (κ1) is 18.0. The van der Waals surface area contributed by atoms with Crippen molar-refractivity contribution in [3.8, 4) is 0 Å². The van der Waals surface area contributed by atoms with E-state index in [9.17, 15) is 18.0 Å². The summed E-state index contributed by atoms with van der Waals surface area (Å²) in [5, 5.41) is 0.471. The molecule has 3 rings (SSSR count). The van der Waals surface area contributed by atoms with Gasteiger partial charge in [-0.3, -0.25) is 9.69 Å². The Balaban J connectivity index is 1.88. The van der Waals surface area contributed by atoms with Crippen molar-refractivity contribution < 1.29 is 18.0 Å². The van der Waals surface area contributed by atoms with Gasteiger partial charge in [0.1, 0.15) is 0 Å². The fourth-order valence-electron chi connectivity index (χ4n) is 2.23. The van der Waals surface area contributed by atoms with Crippen molar-refractivity contribution in [2.75, 3.05) is 4.90 Å². The van der Waals surface area contributed by atoms with Crippen LogP contribution >= 0.6 is 35.6 Å². The molecule has 1 aliphatic heterocycles. The summed E-state index contributed by atoms with van der Waals surface area (Å²) in [5.74, 6) is -0.336. The van der Waals surface area contributed by atoms with Crippen LogP contribution in [-0.4, -0.2) is 10.2 Å². The molecule has 0 aromatic heterocycles. The molecule has 0 unspecified atom stereocenters. The Morgan fingerprint density at radius 2 is 1.80 bits per heavy atom. The predicted molar refractivity (Wildman–Crippen MR) is 98.5 cm³/mol. The van der Waals surface area contributed by atoms with Crippen LogP contribution in [0.25, 0.3) is 6.08 Å². The van der Waals surface area contributed by atoms with Gasteiger partial charge in [0.25, 0.3) is 5.91 Å². The highest BCUT2D eigenvalue weighted by atomic mass is 35.5. The highest BCUT2D eigenvalue weighted by Crippen LogP contribution is 2.37. The smallest absolute Gasteiger partial charge is 0.268 e. The van der Waals surface area contributed by atoms with Crippen LogP contribution in [-0.2, 0) is 11.0 Å². The Morgan fingerprint density at radius 3 is 2.40 bits per heavy atom. The Bertz CT molecular complexity index is 878. The molecular formula is C17H9ClF3NOS2. The van der Waals surface area contributed by atoms with Crippen LogP contribution in [0, 0.1) is 0 Å². The van der Waals surface area contributed by atoms with Crippen molar-refractivity contribution in [2.24, 2.45) is 0 Å². The summed E-state index contributed by atoms with van der Waals surface area (Å²) >= 11 is 12.3. The maximum Gasteiger partial charge on any atom is 0.416 e. The largest absolute Gasteiger partial charge is 0.416 e. The molecule has 128 valence electrons. The Hall–Kier alpha value is -1.83. The van der Waals surface area contributed by atoms with E-state index in [0.717, 1.165) is 23.9 Å². The topological polar surface area (TPSA) is 20.3 Å². The highest BCUT2D eigenvalue weighted by Gasteiger charge is 2.33. The van der Waals surface area contributed by atoms with E-state index in [-0.39, 0.29) is 5.91 Å². The fraction of sp³-hybridized carbons (Fsp3) is 0.0588. The first-order chi connectivity index (χ1) is 11.8. The third kappa shape index (κ3) is 3.89. The van der Waals surface area contributed by atoms with Crippen LogP contribution in [0.2, 0.25) is 5.02 Å². The van der Waals surface area contributed by atoms with Gasteiger partial charge in [-0.15, -0.1) is 0 Å². The third-order valence-electron chi connectivity index (χ3n) is 3.40. The normalized spacial score (nSPS) is 16.8. The van der Waals surface area contributed by atoms with Gasteiger partial charge in [-0.25, -0.2) is 0 Å². The highest BCUT2D eigenvalue weighted by molar-refractivity contribution is 8.27. The second kappa shape index (κ2) is 6.82. The number of thioether (sulfide) groups is 1. The van der Waals surface area contributed by atoms with Gasteiger partial charge >= 0.3 is 6.18 Å². The summed E-state index contributed by atoms with van der Waals surface area (Å²) < 4.78 is 38.1. The van der Waals surface area contributed by atoms with Crippen LogP contribution in [0.5, 0.6) is 0 Å². The quantitative estimate of drug-likeness (QED) is 0.472. The minimum Gasteiger partial charge on any atom is -0.268 e. The summed E-state index contributed by atoms with van der Waals surface area (Å²) in [4.78, 5) is 14.3. The second-order valence-electron chi connectivity index (χ2n) is 5.12. The molecule has 0 atom stereocenters. The molecule has 1 aliphatic rings. The van der Waals surface area contributed by atoms with Gasteiger partial charge in [-0.05, 0) is 42.0 Å². The number of thiocarbonyl (C=S) groups is 1. The molecule has 25 heavy (non-hydrogen) atoms. The Kier molecular flexibility index (Phi) is 4.90. The molecule has 1 saturated heterocycles. The number of anilines is 1. The molecule has 0 radical (unpaired) electrons. The van der Waals surface area contributed by atoms with E-state index in [0.29, 0.717) is 25.5 Å². The van der Waals surface area contributed by atoms with Gasteiger partial charge in [0.2, 0.25) is 0 Å². The predicted octanol–water partition coefficient (Wildman–Crippen LogP) is 5.76. The van der Waals surface area contributed by atoms with E-state index in [1.165, 1.54) is 23.1 Å². The molecule has 1 heterocycles. The van der Waals surface area contributed by atoms with Crippen molar-refractivity contribution in [2.45, 2.75) is 6.18 Å². The lowest BCUT2D eigenvalue weighted by Crippen LogP contribution is -2.27. The van der Waals surface area contributed by atoms with Crippen LogP contribution < -0.4 is 4.90 Å². The standard InChI is InChI=1S/C17H9ClF3NOS2/c18-12-2-1-3-13(9-12)22-15(23)14(25-16(22)24)8-10-4-6-11(7-5-10)17(19,20)21/h1-9H/b14-8-. The molecule has 1 fully saturated rings. The minimum atomic E-state index is -4.39. The van der Waals surface area contributed by atoms with Crippen LogP contribution in [0.15, 0.2) is 53.4 Å². The molecule has 2 aromatic carbocycles. The summed E-state index contributed by atoms with van der Waals surface area (Å²) in [6.45, 7) is 0. The number of hydrogen-bond acceptors (Lipinski definition) is 3. The van der Waals surface area contributed by atoms with Crippen molar-refractivity contribution in [1.29, 1.82) is 0 Å². The number of carbonyl (C=O) groups excluding carboxylic acids is 1. The van der Waals surface area contributed by atoms with Gasteiger partial charge < -0.3 is 0 Å². The van der Waals surface area contributed by atoms with E-state index in [2.05, 4.69) is 0 Å². The van der Waals surface area contributed by atoms with Gasteiger partial charge in [0.15, 0.2) is 4.32 Å². The number of rotatable bonds is 2. The average Bonchev–Trinajstić information content (AvgIpc) is 2.81. The first-order valence-electron chi connectivity index (χ1n) is 6.96. The molecular weight excluding hydrogens is 391 g/mol. The molecule has 2 aromatic rings. The molecule has 0 spiro atoms. The van der Waals surface area contributed by atoms with E-state index in [1.807, 2.05) is 0 Å². The minimum absolute atomic E-state index is 0.336. The lowest BCUT2D eigenvalue weighted by Gasteiger charge is -2.14. The van der Waals surface area contributed by atoms with E-state index >= 15 is 0 Å². The second-order valence-corrected chi connectivity index (χ2v) is 7.23. The van der Waals surface area contributed by atoms with Gasteiger partial charge in [-0.2, -0.15) is 13.2 Å². The van der Waals surface area contributed by atoms with Crippen LogP contribution in [0.3, 0.4) is 0 Å². The number of hydrogen-bond donors (Lipinski definition) is 0. The Morgan fingerprint density at radius 1 is 1.12 bits per heavy atom. The van der Waals surface area contributed by atoms with E-state index in [1.54, 1.807) is 24.3 Å². The van der Waals surface area contributed by atoms with E-state index < -0.39 is 11.7 Å². The number of benzene rings is 2. The zero-order valence-corrected chi connectivity index (χ0v) is 14.8. The van der Waals surface area contributed by atoms with Crippen molar-refractivity contribution in [1.82, 2.24) is 0 Å². The zero-order chi connectivity index (χ0) is 18.2. The molecule has 0 N–H and O–H groups in total. The third-order valence-corrected chi connectivity index (χ3v) is 4.93. The summed E-state index contributed by atoms with van der Waals surface area (Å²) in [6, 6.07) is 11.3. The maximum absolute atomic E-state index is 12.6. The number of alkyl halides is 3. The molecule has 0 saturated carbocycles. The molecule has 8 heteroatoms. The average molecular weight is 400 g/mol. The van der Waals surface area contributed by atoms with Gasteiger partial charge in [0.05, 0.1) is 16.2 Å². The fourth-order valence-corrected chi connectivity index (χ4v) is 3.71. The summed E-state index contributed by atoms with van der Waals surface area (Å²) in [5.41, 5.74) is 0.293. The number of carbonyl (C=O) groups is 1. The Labute approximate surface area is 156 Å². The van der Waals surface area contributed by atoms with Gasteiger partial charge in [0, 0.05) is 5.02 Å². The number of nitrogens with zero attached hydrogens (tertiary/aromatic N) is 1. The molecule has 1 amide bonds. The SMILES string of the molecule is O=C1/C(=C/c2ccc(C(F)(F)F)cc2)SC(=S)N1c1cccc(Cl)c1. The van der Waals surface area contributed by atoms with E-state index in [4.69, 9.17) is 23.8 Å². The molecule has 0 bridgehead atoms. The maximum atomic E-state index is 12.6. The molecule has 0 aliphatic carbocycles. The van der Waals surface area contributed by atoms with Crippen molar-refractivity contribution in [3.63, 3.8) is 0 Å². The number of amides is 1. The van der Waals surface area contributed by atoms with Crippen molar-refractivity contribution in [3.05, 3.63) is 69.6 Å². The first-order valence-corrected chi connectivity index (χ1v) is 8.57. The van der Waals surface area contributed by atoms with Gasteiger partial charge in [-0.1, -0.05) is 53.8 Å². The lowest BCUT2D eigenvalue weighted by molar-refractivity contribution is -0.137. The van der Waals surface area contributed by atoms with Crippen LogP contribution in [0.4, 0.5) is 18.9 Å². The molecule has 2 nitrogen and oxygen atoms in total. The monoisotopic (exact) mass is 399 g/mol. The zero-order valence-electron chi connectivity index (χ0n) is 12.4. The van der Waals surface area contributed by atoms with Crippen LogP contribution in [0.1, 0.15) is 11.1 Å².